The molecule has 4 rings (SSSR count). The maximum Gasteiger partial charge on any atom is 0.196 e. The molecule has 0 bridgehead atoms. The molecule has 0 amide bonds. The molecule has 2 heterocycles. The molecule has 6 nitrogen and oxygen atoms in total. The molecule has 0 saturated heterocycles. The quantitative estimate of drug-likeness (QED) is 0.424. The smallest absolute Gasteiger partial charge is 0.196 e. The van der Waals surface area contributed by atoms with E-state index in [1.807, 2.05) is 65.2 Å². The van der Waals surface area contributed by atoms with Gasteiger partial charge in [0.2, 0.25) is 0 Å². The summed E-state index contributed by atoms with van der Waals surface area (Å²) >= 11 is 1.58. The molecule has 0 fully saturated rings. The van der Waals surface area contributed by atoms with Crippen molar-refractivity contribution in [1.29, 1.82) is 0 Å². The van der Waals surface area contributed by atoms with Gasteiger partial charge in [-0.3, -0.25) is 9.55 Å². The van der Waals surface area contributed by atoms with Gasteiger partial charge in [0.15, 0.2) is 5.16 Å². The van der Waals surface area contributed by atoms with Gasteiger partial charge >= 0.3 is 0 Å². The van der Waals surface area contributed by atoms with Crippen LogP contribution in [0.15, 0.2) is 84.5 Å². The van der Waals surface area contributed by atoms with Gasteiger partial charge in [0, 0.05) is 17.5 Å². The molecule has 140 valence electrons. The Labute approximate surface area is 167 Å². The first kappa shape index (κ1) is 18.1. The minimum absolute atomic E-state index is 0.685. The summed E-state index contributed by atoms with van der Waals surface area (Å²) in [5.74, 6) is 2.96. The second-order valence-electron chi connectivity index (χ2n) is 5.84. The summed E-state index contributed by atoms with van der Waals surface area (Å²) in [6.45, 7) is 0. The number of para-hydroxylation sites is 3. The van der Waals surface area contributed by atoms with Crippen molar-refractivity contribution in [2.24, 2.45) is 0 Å². The van der Waals surface area contributed by atoms with Gasteiger partial charge in [0.1, 0.15) is 23.6 Å². The van der Waals surface area contributed by atoms with E-state index in [9.17, 15) is 0 Å². The molecule has 4 aromatic rings. The van der Waals surface area contributed by atoms with Crippen LogP contribution in [0.1, 0.15) is 5.56 Å². The summed E-state index contributed by atoms with van der Waals surface area (Å²) in [7, 11) is 1.65. The molecule has 0 atom stereocenters. The van der Waals surface area contributed by atoms with Gasteiger partial charge in [-0.2, -0.15) is 0 Å². The molecule has 0 saturated carbocycles. The molecule has 0 unspecified atom stereocenters. The number of nitrogens with zero attached hydrogens (tertiary/aromatic N) is 4. The Morgan fingerprint density at radius 3 is 2.61 bits per heavy atom. The Hall–Kier alpha value is -3.32. The lowest BCUT2D eigenvalue weighted by molar-refractivity contribution is 0.412. The maximum absolute atomic E-state index is 5.99. The fourth-order valence-electron chi connectivity index (χ4n) is 2.72. The van der Waals surface area contributed by atoms with Gasteiger partial charge in [0.05, 0.1) is 19.0 Å². The van der Waals surface area contributed by atoms with Crippen molar-refractivity contribution in [3.8, 4) is 22.9 Å². The lowest BCUT2D eigenvalue weighted by Crippen LogP contribution is -1.99. The van der Waals surface area contributed by atoms with Crippen LogP contribution >= 0.6 is 11.8 Å². The molecule has 0 spiro atoms. The molecule has 0 aliphatic heterocycles. The zero-order chi connectivity index (χ0) is 19.2. The van der Waals surface area contributed by atoms with Crippen LogP contribution in [-0.4, -0.2) is 26.9 Å². The maximum atomic E-state index is 5.99. The van der Waals surface area contributed by atoms with Crippen LogP contribution in [0.3, 0.4) is 0 Å². The summed E-state index contributed by atoms with van der Waals surface area (Å²) in [4.78, 5) is 4.09. The standard InChI is InChI=1S/C21H18N4O2S/c1-26-20-11-5-3-9-18(20)25-15-23-24-21(25)28-14-16-7-2-4-10-19(16)27-17-8-6-12-22-13-17/h2-13,15H,14H2,1H3. The average Bonchev–Trinajstić information content (AvgIpc) is 3.22. The lowest BCUT2D eigenvalue weighted by atomic mass is 10.2. The number of rotatable bonds is 7. The zero-order valence-corrected chi connectivity index (χ0v) is 16.0. The molecule has 0 aliphatic carbocycles. The summed E-state index contributed by atoms with van der Waals surface area (Å²) < 4.78 is 13.4. The van der Waals surface area contributed by atoms with Crippen molar-refractivity contribution in [1.82, 2.24) is 19.7 Å². The Morgan fingerprint density at radius 1 is 0.964 bits per heavy atom. The highest BCUT2D eigenvalue weighted by atomic mass is 32.2. The van der Waals surface area contributed by atoms with E-state index >= 15 is 0 Å². The largest absolute Gasteiger partial charge is 0.495 e. The highest BCUT2D eigenvalue weighted by Gasteiger charge is 2.13. The van der Waals surface area contributed by atoms with Gasteiger partial charge in [0.25, 0.3) is 0 Å². The third kappa shape index (κ3) is 3.99. The molecule has 7 heteroatoms. The first-order valence-electron chi connectivity index (χ1n) is 8.67. The van der Waals surface area contributed by atoms with Crippen molar-refractivity contribution in [3.05, 3.63) is 84.9 Å². The topological polar surface area (TPSA) is 62.1 Å². The molecular weight excluding hydrogens is 372 g/mol. The number of thioether (sulfide) groups is 1. The Kier molecular flexibility index (Phi) is 5.53. The molecular formula is C21H18N4O2S. The third-order valence-corrected chi connectivity index (χ3v) is 5.04. The first-order valence-corrected chi connectivity index (χ1v) is 9.65. The number of methoxy groups -OCH3 is 1. The summed E-state index contributed by atoms with van der Waals surface area (Å²) in [6.07, 6.45) is 5.11. The van der Waals surface area contributed by atoms with Crippen molar-refractivity contribution >= 4 is 11.8 Å². The first-order chi connectivity index (χ1) is 13.8. The summed E-state index contributed by atoms with van der Waals surface area (Å²) in [5.41, 5.74) is 1.96. The van der Waals surface area contributed by atoms with E-state index in [-0.39, 0.29) is 0 Å². The van der Waals surface area contributed by atoms with Crippen molar-refractivity contribution in [2.75, 3.05) is 7.11 Å². The summed E-state index contributed by atoms with van der Waals surface area (Å²) in [5, 5.41) is 9.12. The number of hydrogen-bond donors (Lipinski definition) is 0. The summed E-state index contributed by atoms with van der Waals surface area (Å²) in [6, 6.07) is 19.5. The van der Waals surface area contributed by atoms with Crippen LogP contribution in [-0.2, 0) is 5.75 Å². The highest BCUT2D eigenvalue weighted by Crippen LogP contribution is 2.32. The second-order valence-corrected chi connectivity index (χ2v) is 6.79. The minimum atomic E-state index is 0.685. The van der Waals surface area contributed by atoms with Gasteiger partial charge in [-0.25, -0.2) is 0 Å². The SMILES string of the molecule is COc1ccccc1-n1cnnc1SCc1ccccc1Oc1cccnc1. The van der Waals surface area contributed by atoms with Crippen molar-refractivity contribution < 1.29 is 9.47 Å². The van der Waals surface area contributed by atoms with Gasteiger partial charge in [-0.05, 0) is 30.3 Å². The fourth-order valence-corrected chi connectivity index (χ4v) is 3.63. The molecule has 0 aliphatic rings. The highest BCUT2D eigenvalue weighted by molar-refractivity contribution is 7.98. The number of benzene rings is 2. The Balaban J connectivity index is 1.55. The normalized spacial score (nSPS) is 10.6. The Bertz CT molecular complexity index is 1050. The van der Waals surface area contributed by atoms with Crippen LogP contribution in [0.2, 0.25) is 0 Å². The van der Waals surface area contributed by atoms with E-state index in [4.69, 9.17) is 9.47 Å². The van der Waals surface area contributed by atoms with Gasteiger partial charge in [-0.15, -0.1) is 10.2 Å². The molecule has 0 N–H and O–H groups in total. The third-order valence-electron chi connectivity index (χ3n) is 4.05. The van der Waals surface area contributed by atoms with E-state index in [0.29, 0.717) is 11.5 Å². The van der Waals surface area contributed by atoms with Crippen LogP contribution in [0.25, 0.3) is 5.69 Å². The van der Waals surface area contributed by atoms with E-state index in [2.05, 4.69) is 15.2 Å². The second kappa shape index (κ2) is 8.58. The predicted molar refractivity (Wildman–Crippen MR) is 108 cm³/mol. The van der Waals surface area contributed by atoms with Crippen LogP contribution in [0, 0.1) is 0 Å². The van der Waals surface area contributed by atoms with Crippen LogP contribution < -0.4 is 9.47 Å². The zero-order valence-electron chi connectivity index (χ0n) is 15.2. The monoisotopic (exact) mass is 390 g/mol. The van der Waals surface area contributed by atoms with Crippen molar-refractivity contribution in [2.45, 2.75) is 10.9 Å². The number of pyridine rings is 1. The molecule has 0 radical (unpaired) electrons. The lowest BCUT2D eigenvalue weighted by Gasteiger charge is -2.12. The van der Waals surface area contributed by atoms with E-state index in [0.717, 1.165) is 27.9 Å². The molecule has 2 aromatic heterocycles. The number of aromatic nitrogens is 4. The molecule has 28 heavy (non-hydrogen) atoms. The number of hydrogen-bond acceptors (Lipinski definition) is 6. The molecule has 2 aromatic carbocycles. The van der Waals surface area contributed by atoms with Gasteiger partial charge in [-0.1, -0.05) is 42.1 Å². The predicted octanol–water partition coefficient (Wildman–Crippen LogP) is 4.76. The fraction of sp³-hybridized carbons (Fsp3) is 0.0952. The average molecular weight is 390 g/mol. The van der Waals surface area contributed by atoms with E-state index in [1.54, 1.807) is 37.6 Å². The van der Waals surface area contributed by atoms with Crippen molar-refractivity contribution in [3.63, 3.8) is 0 Å². The minimum Gasteiger partial charge on any atom is -0.495 e. The van der Waals surface area contributed by atoms with Crippen LogP contribution in [0.5, 0.6) is 17.2 Å². The Morgan fingerprint density at radius 2 is 1.79 bits per heavy atom. The van der Waals surface area contributed by atoms with Gasteiger partial charge < -0.3 is 9.47 Å². The number of ether oxygens (including phenoxy) is 2. The van der Waals surface area contributed by atoms with Crippen LogP contribution in [0.4, 0.5) is 0 Å². The van der Waals surface area contributed by atoms with E-state index < -0.39 is 0 Å². The van der Waals surface area contributed by atoms with E-state index in [1.165, 1.54) is 0 Å².